The molecule has 0 saturated heterocycles. The third-order valence-corrected chi connectivity index (χ3v) is 4.34. The largest absolute Gasteiger partial charge is 0.424 e. The van der Waals surface area contributed by atoms with Gasteiger partial charge in [0.1, 0.15) is 0 Å². The minimum absolute atomic E-state index is 0.317. The number of nitrogens with zero attached hydrogens (tertiary/aromatic N) is 3. The summed E-state index contributed by atoms with van der Waals surface area (Å²) in [6, 6.07) is 0.551. The summed E-state index contributed by atoms with van der Waals surface area (Å²) in [5.41, 5.74) is 0. The molecule has 1 N–H and O–H groups in total. The average Bonchev–Trinajstić information content (AvgIpc) is 3.19. The summed E-state index contributed by atoms with van der Waals surface area (Å²) in [5.74, 6) is 2.02. The van der Waals surface area contributed by atoms with Gasteiger partial charge in [-0.05, 0) is 32.6 Å². The number of aromatic nitrogens is 2. The normalized spacial score (nSPS) is 22.4. The van der Waals surface area contributed by atoms with Crippen LogP contribution in [0, 0.1) is 0 Å². The van der Waals surface area contributed by atoms with Crippen molar-refractivity contribution in [2.45, 2.75) is 76.5 Å². The molecule has 5 nitrogen and oxygen atoms in total. The molecule has 2 saturated carbocycles. The molecule has 20 heavy (non-hydrogen) atoms. The molecular weight excluding hydrogens is 254 g/mol. The van der Waals surface area contributed by atoms with E-state index >= 15 is 0 Å². The first-order chi connectivity index (χ1) is 9.72. The van der Waals surface area contributed by atoms with E-state index in [1.54, 1.807) is 0 Å². The number of aliphatic hydroxyl groups excluding tert-OH is 1. The number of hydrogen-bond acceptors (Lipinski definition) is 5. The summed E-state index contributed by atoms with van der Waals surface area (Å²) in [4.78, 5) is 2.33. The summed E-state index contributed by atoms with van der Waals surface area (Å²) in [5, 5.41) is 18.1. The van der Waals surface area contributed by atoms with Gasteiger partial charge in [-0.1, -0.05) is 19.3 Å². The van der Waals surface area contributed by atoms with E-state index in [1.807, 2.05) is 6.92 Å². The van der Waals surface area contributed by atoms with E-state index in [0.717, 1.165) is 5.89 Å². The predicted molar refractivity (Wildman–Crippen MR) is 75.2 cm³/mol. The molecule has 1 unspecified atom stereocenters. The minimum Gasteiger partial charge on any atom is -0.424 e. The van der Waals surface area contributed by atoms with Crippen LogP contribution < -0.4 is 0 Å². The molecule has 5 heteroatoms. The Bertz CT molecular complexity index is 423. The van der Waals surface area contributed by atoms with Gasteiger partial charge >= 0.3 is 0 Å². The molecule has 0 spiro atoms. The van der Waals surface area contributed by atoms with Gasteiger partial charge in [-0.15, -0.1) is 10.2 Å². The van der Waals surface area contributed by atoms with Crippen molar-refractivity contribution >= 4 is 0 Å². The molecule has 112 valence electrons. The van der Waals surface area contributed by atoms with Crippen molar-refractivity contribution in [2.75, 3.05) is 6.54 Å². The Balaban J connectivity index is 1.64. The zero-order valence-electron chi connectivity index (χ0n) is 12.3. The fourth-order valence-corrected chi connectivity index (χ4v) is 3.13. The maximum atomic E-state index is 9.73. The third kappa shape index (κ3) is 3.58. The van der Waals surface area contributed by atoms with E-state index in [-0.39, 0.29) is 6.10 Å². The van der Waals surface area contributed by atoms with Crippen molar-refractivity contribution in [3.8, 4) is 0 Å². The standard InChI is InChI=1S/C15H25N3O2/c1-11(19)9-18(13-5-3-2-4-6-13)10-14-16-17-15(20-14)12-7-8-12/h11-13,19H,2-10H2,1H3. The summed E-state index contributed by atoms with van der Waals surface area (Å²) in [6.07, 6.45) is 8.40. The molecule has 2 aliphatic carbocycles. The highest BCUT2D eigenvalue weighted by atomic mass is 16.4. The second-order valence-corrected chi connectivity index (χ2v) is 6.38. The fourth-order valence-electron chi connectivity index (χ4n) is 3.13. The Labute approximate surface area is 120 Å². The molecule has 1 atom stereocenters. The van der Waals surface area contributed by atoms with Crippen molar-refractivity contribution in [3.05, 3.63) is 11.8 Å². The molecule has 1 aromatic heterocycles. The molecule has 0 aliphatic heterocycles. The van der Waals surface area contributed by atoms with E-state index < -0.39 is 0 Å². The van der Waals surface area contributed by atoms with Gasteiger partial charge in [0.2, 0.25) is 11.8 Å². The zero-order chi connectivity index (χ0) is 13.9. The maximum Gasteiger partial charge on any atom is 0.230 e. The Morgan fingerprint density at radius 3 is 2.60 bits per heavy atom. The second kappa shape index (κ2) is 6.22. The van der Waals surface area contributed by atoms with Crippen LogP contribution in [-0.4, -0.2) is 38.9 Å². The number of hydrogen-bond donors (Lipinski definition) is 1. The van der Waals surface area contributed by atoms with Crippen LogP contribution in [0.15, 0.2) is 4.42 Å². The summed E-state index contributed by atoms with van der Waals surface area (Å²) in [6.45, 7) is 3.21. The summed E-state index contributed by atoms with van der Waals surface area (Å²) in [7, 11) is 0. The second-order valence-electron chi connectivity index (χ2n) is 6.38. The van der Waals surface area contributed by atoms with Crippen LogP contribution in [-0.2, 0) is 6.54 Å². The van der Waals surface area contributed by atoms with Gasteiger partial charge in [0.05, 0.1) is 12.6 Å². The average molecular weight is 279 g/mol. The van der Waals surface area contributed by atoms with E-state index in [4.69, 9.17) is 4.42 Å². The van der Waals surface area contributed by atoms with Crippen LogP contribution in [0.2, 0.25) is 0 Å². The lowest BCUT2D eigenvalue weighted by Crippen LogP contribution is -2.40. The van der Waals surface area contributed by atoms with Crippen molar-refractivity contribution in [1.82, 2.24) is 15.1 Å². The summed E-state index contributed by atoms with van der Waals surface area (Å²) < 4.78 is 5.76. The fraction of sp³-hybridized carbons (Fsp3) is 0.867. The highest BCUT2D eigenvalue weighted by molar-refractivity contribution is 5.00. The van der Waals surface area contributed by atoms with Gasteiger partial charge in [0, 0.05) is 18.5 Å². The Kier molecular flexibility index (Phi) is 4.36. The lowest BCUT2D eigenvalue weighted by Gasteiger charge is -2.34. The first kappa shape index (κ1) is 14.0. The first-order valence-electron chi connectivity index (χ1n) is 7.97. The van der Waals surface area contributed by atoms with Crippen LogP contribution in [0.3, 0.4) is 0 Å². The lowest BCUT2D eigenvalue weighted by molar-refractivity contribution is 0.0702. The highest BCUT2D eigenvalue weighted by Crippen LogP contribution is 2.39. The molecule has 2 aliphatic rings. The van der Waals surface area contributed by atoms with Crippen molar-refractivity contribution in [2.24, 2.45) is 0 Å². The van der Waals surface area contributed by atoms with Crippen molar-refractivity contribution in [1.29, 1.82) is 0 Å². The van der Waals surface area contributed by atoms with E-state index in [0.29, 0.717) is 30.9 Å². The van der Waals surface area contributed by atoms with E-state index in [1.165, 1.54) is 44.9 Å². The van der Waals surface area contributed by atoms with Crippen LogP contribution >= 0.6 is 0 Å². The van der Waals surface area contributed by atoms with Crippen LogP contribution in [0.4, 0.5) is 0 Å². The van der Waals surface area contributed by atoms with Gasteiger partial charge in [0.15, 0.2) is 0 Å². The van der Waals surface area contributed by atoms with E-state index in [2.05, 4.69) is 15.1 Å². The SMILES string of the molecule is CC(O)CN(Cc1nnc(C2CC2)o1)C1CCCCC1. The molecule has 2 fully saturated rings. The van der Waals surface area contributed by atoms with Crippen LogP contribution in [0.5, 0.6) is 0 Å². The molecule has 0 bridgehead atoms. The van der Waals surface area contributed by atoms with Gasteiger partial charge < -0.3 is 9.52 Å². The molecule has 1 aromatic rings. The topological polar surface area (TPSA) is 62.4 Å². The molecule has 0 amide bonds. The minimum atomic E-state index is -0.317. The van der Waals surface area contributed by atoms with Gasteiger partial charge in [-0.2, -0.15) is 0 Å². The predicted octanol–water partition coefficient (Wildman–Crippen LogP) is 2.46. The van der Waals surface area contributed by atoms with Crippen LogP contribution in [0.25, 0.3) is 0 Å². The Hall–Kier alpha value is -0.940. The zero-order valence-corrected chi connectivity index (χ0v) is 12.3. The van der Waals surface area contributed by atoms with Gasteiger partial charge in [0.25, 0.3) is 0 Å². The lowest BCUT2D eigenvalue weighted by atomic mass is 9.94. The van der Waals surface area contributed by atoms with Gasteiger partial charge in [-0.3, -0.25) is 4.90 Å². The number of aliphatic hydroxyl groups is 1. The third-order valence-electron chi connectivity index (χ3n) is 4.34. The quantitative estimate of drug-likeness (QED) is 0.866. The van der Waals surface area contributed by atoms with Gasteiger partial charge in [-0.25, -0.2) is 0 Å². The molecule has 3 rings (SSSR count). The number of rotatable bonds is 6. The summed E-state index contributed by atoms with van der Waals surface area (Å²) >= 11 is 0. The van der Waals surface area contributed by atoms with Crippen molar-refractivity contribution < 1.29 is 9.52 Å². The van der Waals surface area contributed by atoms with Crippen molar-refractivity contribution in [3.63, 3.8) is 0 Å². The molecular formula is C15H25N3O2. The first-order valence-corrected chi connectivity index (χ1v) is 7.97. The van der Waals surface area contributed by atoms with E-state index in [9.17, 15) is 5.11 Å². The Morgan fingerprint density at radius 1 is 1.20 bits per heavy atom. The monoisotopic (exact) mass is 279 g/mol. The molecule has 1 heterocycles. The highest BCUT2D eigenvalue weighted by Gasteiger charge is 2.30. The maximum absolute atomic E-state index is 9.73. The smallest absolute Gasteiger partial charge is 0.230 e. The molecule has 0 aromatic carbocycles. The Morgan fingerprint density at radius 2 is 1.95 bits per heavy atom. The van der Waals surface area contributed by atoms with Crippen LogP contribution in [0.1, 0.15) is 69.6 Å². The molecule has 0 radical (unpaired) electrons.